The average molecular weight is 311 g/mol. The number of piperidine rings is 1. The fourth-order valence-electron chi connectivity index (χ4n) is 2.89. The minimum absolute atomic E-state index is 0.0359. The van der Waals surface area contributed by atoms with E-state index in [0.29, 0.717) is 18.0 Å². The van der Waals surface area contributed by atoms with E-state index in [1.54, 1.807) is 6.92 Å². The van der Waals surface area contributed by atoms with Gasteiger partial charge in [0.2, 0.25) is 10.0 Å². The van der Waals surface area contributed by atoms with Crippen molar-refractivity contribution in [1.29, 1.82) is 0 Å². The van der Waals surface area contributed by atoms with E-state index in [9.17, 15) is 13.2 Å². The monoisotopic (exact) mass is 311 g/mol. The number of nitrogens with zero attached hydrogens (tertiary/aromatic N) is 1. The van der Waals surface area contributed by atoms with E-state index in [4.69, 9.17) is 5.11 Å². The number of carboxylic acids is 1. The summed E-state index contributed by atoms with van der Waals surface area (Å²) in [5.41, 5.74) is 0.337. The quantitative estimate of drug-likeness (QED) is 0.930. The largest absolute Gasteiger partial charge is 0.478 e. The predicted octanol–water partition coefficient (Wildman–Crippen LogP) is 2.50. The minimum Gasteiger partial charge on any atom is -0.478 e. The van der Waals surface area contributed by atoms with Crippen LogP contribution in [-0.4, -0.2) is 36.4 Å². The van der Waals surface area contributed by atoms with Crippen LogP contribution in [0, 0.1) is 12.8 Å². The van der Waals surface area contributed by atoms with Gasteiger partial charge in [-0.25, -0.2) is 13.2 Å². The third kappa shape index (κ3) is 2.82. The van der Waals surface area contributed by atoms with Crippen molar-refractivity contribution in [2.24, 2.45) is 5.92 Å². The Morgan fingerprint density at radius 3 is 2.62 bits per heavy atom. The molecule has 0 saturated carbocycles. The Labute approximate surface area is 125 Å². The lowest BCUT2D eigenvalue weighted by molar-refractivity contribution is 0.0696. The van der Waals surface area contributed by atoms with E-state index in [2.05, 4.69) is 0 Å². The molecule has 0 bridgehead atoms. The number of carbonyl (C=O) groups is 1. The molecule has 5 nitrogen and oxygen atoms in total. The van der Waals surface area contributed by atoms with Crippen LogP contribution < -0.4 is 0 Å². The Hall–Kier alpha value is -1.40. The molecule has 0 aliphatic carbocycles. The predicted molar refractivity (Wildman–Crippen MR) is 79.9 cm³/mol. The van der Waals surface area contributed by atoms with Gasteiger partial charge in [-0.1, -0.05) is 13.0 Å². The van der Waals surface area contributed by atoms with Gasteiger partial charge in [-0.3, -0.25) is 0 Å². The summed E-state index contributed by atoms with van der Waals surface area (Å²) in [4.78, 5) is 11.3. The van der Waals surface area contributed by atoms with Gasteiger partial charge in [-0.15, -0.1) is 0 Å². The first-order valence-corrected chi connectivity index (χ1v) is 8.55. The van der Waals surface area contributed by atoms with Crippen LogP contribution in [0.5, 0.6) is 0 Å². The molecule has 2 rings (SSSR count). The summed E-state index contributed by atoms with van der Waals surface area (Å²) in [5.74, 6) is -0.805. The summed E-state index contributed by atoms with van der Waals surface area (Å²) in [6, 6.07) is 4.33. The van der Waals surface area contributed by atoms with E-state index in [1.807, 2.05) is 13.8 Å². The number of aromatic carboxylic acids is 1. The van der Waals surface area contributed by atoms with Crippen molar-refractivity contribution in [2.45, 2.75) is 44.6 Å². The van der Waals surface area contributed by atoms with Gasteiger partial charge < -0.3 is 5.11 Å². The third-order valence-electron chi connectivity index (χ3n) is 4.42. The average Bonchev–Trinajstić information content (AvgIpc) is 2.41. The molecule has 1 heterocycles. The Kier molecular flexibility index (Phi) is 4.39. The van der Waals surface area contributed by atoms with Crippen molar-refractivity contribution < 1.29 is 18.3 Å². The van der Waals surface area contributed by atoms with Gasteiger partial charge in [0.25, 0.3) is 0 Å². The molecule has 0 aromatic heterocycles. The second-order valence-electron chi connectivity index (χ2n) is 5.71. The Morgan fingerprint density at radius 2 is 2.00 bits per heavy atom. The Balaban J connectivity index is 2.50. The Morgan fingerprint density at radius 1 is 1.33 bits per heavy atom. The summed E-state index contributed by atoms with van der Waals surface area (Å²) >= 11 is 0. The lowest BCUT2D eigenvalue weighted by Gasteiger charge is -2.37. The number of benzene rings is 1. The molecule has 1 N–H and O–H groups in total. The van der Waals surface area contributed by atoms with Crippen molar-refractivity contribution in [3.8, 4) is 0 Å². The molecule has 1 saturated heterocycles. The Bertz CT molecular complexity index is 654. The SMILES string of the molecule is Cc1c(C(=O)O)cccc1S(=O)(=O)N1CCCC(C)C1C. The van der Waals surface area contributed by atoms with Crippen LogP contribution in [0.15, 0.2) is 23.1 Å². The first-order valence-electron chi connectivity index (χ1n) is 7.11. The van der Waals surface area contributed by atoms with E-state index in [-0.39, 0.29) is 16.5 Å². The highest BCUT2D eigenvalue weighted by molar-refractivity contribution is 7.89. The third-order valence-corrected chi connectivity index (χ3v) is 6.55. The number of hydrogen-bond donors (Lipinski definition) is 1. The fraction of sp³-hybridized carbons (Fsp3) is 0.533. The highest BCUT2D eigenvalue weighted by atomic mass is 32.2. The molecule has 2 atom stereocenters. The standard InChI is InChI=1S/C15H21NO4S/c1-10-6-5-9-16(12(10)3)21(19,20)14-8-4-7-13(11(14)2)15(17)18/h4,7-8,10,12H,5-6,9H2,1-3H3,(H,17,18). The van der Waals surface area contributed by atoms with Gasteiger partial charge >= 0.3 is 5.97 Å². The zero-order valence-electron chi connectivity index (χ0n) is 12.5. The number of carboxylic acid groups (broad SMARTS) is 1. The molecular formula is C15H21NO4S. The topological polar surface area (TPSA) is 74.7 Å². The maximum Gasteiger partial charge on any atom is 0.335 e. The zero-order valence-corrected chi connectivity index (χ0v) is 13.4. The van der Waals surface area contributed by atoms with Gasteiger partial charge in [0, 0.05) is 12.6 Å². The second kappa shape index (κ2) is 5.77. The van der Waals surface area contributed by atoms with Crippen molar-refractivity contribution in [2.75, 3.05) is 6.54 Å². The maximum absolute atomic E-state index is 12.9. The lowest BCUT2D eigenvalue weighted by atomic mass is 9.94. The lowest BCUT2D eigenvalue weighted by Crippen LogP contribution is -2.46. The molecule has 116 valence electrons. The highest BCUT2D eigenvalue weighted by Crippen LogP contribution is 2.30. The molecule has 1 aromatic rings. The minimum atomic E-state index is -3.66. The van der Waals surface area contributed by atoms with Crippen LogP contribution in [0.4, 0.5) is 0 Å². The van der Waals surface area contributed by atoms with Crippen LogP contribution in [0.2, 0.25) is 0 Å². The summed E-state index contributed by atoms with van der Waals surface area (Å²) in [6.45, 7) is 6.00. The van der Waals surface area contributed by atoms with Crippen LogP contribution in [0.1, 0.15) is 42.6 Å². The molecule has 1 aliphatic heterocycles. The van der Waals surface area contributed by atoms with E-state index in [1.165, 1.54) is 22.5 Å². The van der Waals surface area contributed by atoms with Crippen LogP contribution in [0.25, 0.3) is 0 Å². The summed E-state index contributed by atoms with van der Waals surface area (Å²) in [7, 11) is -3.66. The van der Waals surface area contributed by atoms with Crippen LogP contribution >= 0.6 is 0 Å². The van der Waals surface area contributed by atoms with Crippen molar-refractivity contribution in [1.82, 2.24) is 4.31 Å². The van der Waals surface area contributed by atoms with Gasteiger partial charge in [-0.05, 0) is 50.3 Å². The van der Waals surface area contributed by atoms with Crippen LogP contribution in [-0.2, 0) is 10.0 Å². The molecule has 0 radical (unpaired) electrons. The molecule has 21 heavy (non-hydrogen) atoms. The summed E-state index contributed by atoms with van der Waals surface area (Å²) < 4.78 is 27.3. The zero-order chi connectivity index (χ0) is 15.8. The van der Waals surface area contributed by atoms with Crippen LogP contribution in [0.3, 0.4) is 0 Å². The first kappa shape index (κ1) is 16.0. The molecular weight excluding hydrogens is 290 g/mol. The van der Waals surface area contributed by atoms with Gasteiger partial charge in [-0.2, -0.15) is 4.31 Å². The number of hydrogen-bond acceptors (Lipinski definition) is 3. The second-order valence-corrected chi connectivity index (χ2v) is 7.57. The number of sulfonamides is 1. The normalized spacial score (nSPS) is 24.0. The smallest absolute Gasteiger partial charge is 0.335 e. The van der Waals surface area contributed by atoms with Gasteiger partial charge in [0.05, 0.1) is 10.5 Å². The molecule has 1 fully saturated rings. The molecule has 2 unspecified atom stereocenters. The summed E-state index contributed by atoms with van der Waals surface area (Å²) in [6.07, 6.45) is 1.85. The van der Waals surface area contributed by atoms with Crippen molar-refractivity contribution in [3.05, 3.63) is 29.3 Å². The molecule has 6 heteroatoms. The highest BCUT2D eigenvalue weighted by Gasteiger charge is 2.35. The molecule has 0 spiro atoms. The molecule has 1 aliphatic rings. The molecule has 0 amide bonds. The van der Waals surface area contributed by atoms with E-state index >= 15 is 0 Å². The molecule has 1 aromatic carbocycles. The summed E-state index contributed by atoms with van der Waals surface area (Å²) in [5, 5.41) is 9.15. The van der Waals surface area contributed by atoms with Crippen molar-refractivity contribution >= 4 is 16.0 Å². The van der Waals surface area contributed by atoms with E-state index in [0.717, 1.165) is 12.8 Å². The fourth-order valence-corrected chi connectivity index (χ4v) is 4.90. The van der Waals surface area contributed by atoms with Crippen molar-refractivity contribution in [3.63, 3.8) is 0 Å². The van der Waals surface area contributed by atoms with Gasteiger partial charge in [0.15, 0.2) is 0 Å². The first-order chi connectivity index (χ1) is 9.76. The maximum atomic E-state index is 12.9. The van der Waals surface area contributed by atoms with Gasteiger partial charge in [0.1, 0.15) is 0 Å². The van der Waals surface area contributed by atoms with E-state index < -0.39 is 16.0 Å². The number of rotatable bonds is 3.